The first-order valence-electron chi connectivity index (χ1n) is 7.54. The molecule has 6 heteroatoms. The van der Waals surface area contributed by atoms with Crippen molar-refractivity contribution in [3.8, 4) is 0 Å². The minimum absolute atomic E-state index is 0.0540. The highest BCUT2D eigenvalue weighted by Gasteiger charge is 2.17. The monoisotopic (exact) mass is 345 g/mol. The third kappa shape index (κ3) is 4.30. The van der Waals surface area contributed by atoms with Gasteiger partial charge in [0.15, 0.2) is 0 Å². The molecule has 3 heterocycles. The van der Waals surface area contributed by atoms with Crippen molar-refractivity contribution in [2.75, 3.05) is 6.54 Å². The van der Waals surface area contributed by atoms with Crippen LogP contribution in [-0.4, -0.2) is 22.0 Å². The van der Waals surface area contributed by atoms with Gasteiger partial charge in [0.2, 0.25) is 5.91 Å². The van der Waals surface area contributed by atoms with E-state index in [1.165, 1.54) is 5.56 Å². The van der Waals surface area contributed by atoms with E-state index in [4.69, 9.17) is 0 Å². The lowest BCUT2D eigenvalue weighted by Crippen LogP contribution is -2.28. The summed E-state index contributed by atoms with van der Waals surface area (Å²) in [5.41, 5.74) is 2.22. The molecule has 120 valence electrons. The first-order valence-corrected chi connectivity index (χ1v) is 9.37. The lowest BCUT2D eigenvalue weighted by atomic mass is 10.1. The largest absolute Gasteiger partial charge is 0.356 e. The first-order chi connectivity index (χ1) is 11.2. The number of thiazole rings is 1. The second kappa shape index (κ2) is 7.57. The number of carbonyl (C=O) groups excluding carboxylic acids is 1. The summed E-state index contributed by atoms with van der Waals surface area (Å²) in [5.74, 6) is 0.0724. The van der Waals surface area contributed by atoms with Crippen molar-refractivity contribution in [2.24, 2.45) is 0 Å². The molecule has 3 aromatic heterocycles. The quantitative estimate of drug-likeness (QED) is 0.710. The van der Waals surface area contributed by atoms with E-state index in [0.717, 1.165) is 17.1 Å². The predicted octanol–water partition coefficient (Wildman–Crippen LogP) is 3.65. The molecule has 1 N–H and O–H groups in total. The Morgan fingerprint density at radius 2 is 2.17 bits per heavy atom. The molecule has 0 fully saturated rings. The molecule has 0 unspecified atom stereocenters. The lowest BCUT2D eigenvalue weighted by molar-refractivity contribution is -0.121. The summed E-state index contributed by atoms with van der Waals surface area (Å²) in [6, 6.07) is 6.11. The molecule has 0 aliphatic rings. The maximum Gasteiger partial charge on any atom is 0.222 e. The summed E-state index contributed by atoms with van der Waals surface area (Å²) < 4.78 is 2.09. The van der Waals surface area contributed by atoms with Crippen LogP contribution in [0.5, 0.6) is 0 Å². The predicted molar refractivity (Wildman–Crippen MR) is 95.1 cm³/mol. The van der Waals surface area contributed by atoms with Crippen molar-refractivity contribution in [3.63, 3.8) is 0 Å². The molecule has 0 bridgehead atoms. The fraction of sp³-hybridized carbons (Fsp3) is 0.294. The molecular formula is C17H19N3OS2. The number of aromatic nitrogens is 2. The van der Waals surface area contributed by atoms with Gasteiger partial charge < -0.3 is 9.88 Å². The van der Waals surface area contributed by atoms with Gasteiger partial charge in [0.25, 0.3) is 0 Å². The van der Waals surface area contributed by atoms with Crippen molar-refractivity contribution in [1.82, 2.24) is 14.9 Å². The van der Waals surface area contributed by atoms with Gasteiger partial charge in [-0.15, -0.1) is 11.3 Å². The summed E-state index contributed by atoms with van der Waals surface area (Å²) >= 11 is 3.30. The standard InChI is InChI=1S/C17H19N3OS2/c1-13-11-23-17(19-13)4-6-18-16(21)10-15(14-5-9-22-12-14)20-7-2-3-8-20/h2-3,5,7-9,11-12,15H,4,6,10H2,1H3,(H,18,21)/t15-/m0/s1. The van der Waals surface area contributed by atoms with Crippen LogP contribution in [0, 0.1) is 6.92 Å². The van der Waals surface area contributed by atoms with Crippen LogP contribution in [0.25, 0.3) is 0 Å². The van der Waals surface area contributed by atoms with E-state index in [0.29, 0.717) is 13.0 Å². The zero-order valence-corrected chi connectivity index (χ0v) is 14.6. The fourth-order valence-electron chi connectivity index (χ4n) is 2.49. The smallest absolute Gasteiger partial charge is 0.222 e. The molecule has 3 aromatic rings. The molecule has 4 nitrogen and oxygen atoms in total. The van der Waals surface area contributed by atoms with Crippen molar-refractivity contribution < 1.29 is 4.79 Å². The molecule has 1 atom stereocenters. The molecule has 0 aliphatic heterocycles. The minimum atomic E-state index is 0.0540. The zero-order chi connectivity index (χ0) is 16.1. The molecule has 0 aromatic carbocycles. The zero-order valence-electron chi connectivity index (χ0n) is 12.9. The fourth-order valence-corrected chi connectivity index (χ4v) is 3.97. The molecule has 0 saturated heterocycles. The maximum absolute atomic E-state index is 12.3. The van der Waals surface area contributed by atoms with Gasteiger partial charge in [-0.05, 0) is 41.4 Å². The van der Waals surface area contributed by atoms with Crippen LogP contribution < -0.4 is 5.32 Å². The van der Waals surface area contributed by atoms with Gasteiger partial charge in [0, 0.05) is 36.4 Å². The second-order valence-electron chi connectivity index (χ2n) is 5.39. The van der Waals surface area contributed by atoms with Gasteiger partial charge in [-0.3, -0.25) is 4.79 Å². The summed E-state index contributed by atoms with van der Waals surface area (Å²) in [7, 11) is 0. The Balaban J connectivity index is 1.56. The van der Waals surface area contributed by atoms with E-state index in [2.05, 4.69) is 31.7 Å². The first kappa shape index (κ1) is 16.0. The number of nitrogens with one attached hydrogen (secondary N) is 1. The number of nitrogens with zero attached hydrogens (tertiary/aromatic N) is 2. The number of hydrogen-bond acceptors (Lipinski definition) is 4. The van der Waals surface area contributed by atoms with E-state index < -0.39 is 0 Å². The number of aryl methyl sites for hydroxylation is 1. The number of rotatable bonds is 7. The average Bonchev–Trinajstić information content (AvgIpc) is 3.28. The van der Waals surface area contributed by atoms with Crippen LogP contribution in [0.3, 0.4) is 0 Å². The molecule has 0 aliphatic carbocycles. The number of amides is 1. The van der Waals surface area contributed by atoms with Crippen molar-refractivity contribution >= 4 is 28.6 Å². The Hall–Kier alpha value is -1.92. The summed E-state index contributed by atoms with van der Waals surface area (Å²) in [6.07, 6.45) is 5.25. The van der Waals surface area contributed by atoms with Crippen molar-refractivity contribution in [3.05, 3.63) is 63.0 Å². The molecular weight excluding hydrogens is 326 g/mol. The van der Waals surface area contributed by atoms with Gasteiger partial charge in [0.05, 0.1) is 17.5 Å². The second-order valence-corrected chi connectivity index (χ2v) is 7.11. The number of hydrogen-bond donors (Lipinski definition) is 1. The van der Waals surface area contributed by atoms with Crippen LogP contribution in [0.2, 0.25) is 0 Å². The van der Waals surface area contributed by atoms with Crippen LogP contribution in [0.1, 0.15) is 28.7 Å². The van der Waals surface area contributed by atoms with Gasteiger partial charge in [-0.25, -0.2) is 4.98 Å². The normalized spacial score (nSPS) is 12.2. The van der Waals surface area contributed by atoms with E-state index in [-0.39, 0.29) is 11.9 Å². The summed E-state index contributed by atoms with van der Waals surface area (Å²) in [6.45, 7) is 2.62. The third-order valence-electron chi connectivity index (χ3n) is 3.62. The Kier molecular flexibility index (Phi) is 5.25. The highest BCUT2D eigenvalue weighted by molar-refractivity contribution is 7.09. The van der Waals surface area contributed by atoms with E-state index in [9.17, 15) is 4.79 Å². The van der Waals surface area contributed by atoms with Crippen LogP contribution >= 0.6 is 22.7 Å². The average molecular weight is 345 g/mol. The van der Waals surface area contributed by atoms with Crippen LogP contribution in [0.4, 0.5) is 0 Å². The van der Waals surface area contributed by atoms with Gasteiger partial charge in [-0.1, -0.05) is 0 Å². The number of thiophene rings is 1. The Labute approximate surface area is 143 Å². The van der Waals surface area contributed by atoms with Crippen molar-refractivity contribution in [1.29, 1.82) is 0 Å². The third-order valence-corrected chi connectivity index (χ3v) is 5.35. The van der Waals surface area contributed by atoms with Crippen LogP contribution in [-0.2, 0) is 11.2 Å². The van der Waals surface area contributed by atoms with E-state index in [1.54, 1.807) is 22.7 Å². The lowest BCUT2D eigenvalue weighted by Gasteiger charge is -2.17. The minimum Gasteiger partial charge on any atom is -0.356 e. The van der Waals surface area contributed by atoms with Crippen molar-refractivity contribution in [2.45, 2.75) is 25.8 Å². The molecule has 1 amide bonds. The highest BCUT2D eigenvalue weighted by atomic mass is 32.1. The topological polar surface area (TPSA) is 46.9 Å². The van der Waals surface area contributed by atoms with Gasteiger partial charge in [0.1, 0.15) is 0 Å². The summed E-state index contributed by atoms with van der Waals surface area (Å²) in [5, 5.41) is 10.3. The number of carbonyl (C=O) groups is 1. The van der Waals surface area contributed by atoms with E-state index in [1.807, 2.05) is 36.8 Å². The summed E-state index contributed by atoms with van der Waals surface area (Å²) in [4.78, 5) is 16.7. The van der Waals surface area contributed by atoms with Gasteiger partial charge >= 0.3 is 0 Å². The van der Waals surface area contributed by atoms with Crippen LogP contribution in [0.15, 0.2) is 46.7 Å². The van der Waals surface area contributed by atoms with Gasteiger partial charge in [-0.2, -0.15) is 11.3 Å². The Morgan fingerprint density at radius 3 is 2.83 bits per heavy atom. The molecule has 0 spiro atoms. The SMILES string of the molecule is Cc1csc(CCNC(=O)C[C@@H](c2ccsc2)n2cccc2)n1. The maximum atomic E-state index is 12.3. The molecule has 0 saturated carbocycles. The Morgan fingerprint density at radius 1 is 1.35 bits per heavy atom. The van der Waals surface area contributed by atoms with E-state index >= 15 is 0 Å². The molecule has 23 heavy (non-hydrogen) atoms. The highest BCUT2D eigenvalue weighted by Crippen LogP contribution is 2.24. The molecule has 3 rings (SSSR count). The Bertz CT molecular complexity index is 698. The molecule has 0 radical (unpaired) electrons.